The Balaban J connectivity index is 3.46. The summed E-state index contributed by atoms with van der Waals surface area (Å²) < 4.78 is 0. The minimum atomic E-state index is -0.657. The van der Waals surface area contributed by atoms with Crippen LogP contribution >= 0.6 is 0 Å². The summed E-state index contributed by atoms with van der Waals surface area (Å²) in [5, 5.41) is 8.77. The van der Waals surface area contributed by atoms with Crippen molar-refractivity contribution in [3.05, 3.63) is 0 Å². The van der Waals surface area contributed by atoms with Crippen molar-refractivity contribution in [2.75, 3.05) is 0 Å². The van der Waals surface area contributed by atoms with E-state index in [9.17, 15) is 0 Å². The summed E-state index contributed by atoms with van der Waals surface area (Å²) in [5.41, 5.74) is 5.19. The maximum atomic E-state index is 8.77. The second-order valence-corrected chi connectivity index (χ2v) is 2.59. The molecule has 0 heterocycles. The Kier molecular flexibility index (Phi) is 3.02. The Hall–Kier alpha value is -0.0800. The molecular formula is C6H15NO. The van der Waals surface area contributed by atoms with Gasteiger partial charge >= 0.3 is 0 Å². The average molecular weight is 117 g/mol. The lowest BCUT2D eigenvalue weighted by Crippen LogP contribution is -2.30. The summed E-state index contributed by atoms with van der Waals surface area (Å²) in [6.45, 7) is 6.02. The van der Waals surface area contributed by atoms with Crippen LogP contribution in [0.2, 0.25) is 0 Å². The molecule has 0 unspecified atom stereocenters. The maximum Gasteiger partial charge on any atom is 0.105 e. The summed E-state index contributed by atoms with van der Waals surface area (Å²) in [6, 6.07) is 0. The Morgan fingerprint density at radius 3 is 1.62 bits per heavy atom. The van der Waals surface area contributed by atoms with E-state index in [-0.39, 0.29) is 5.92 Å². The van der Waals surface area contributed by atoms with Crippen LogP contribution in [-0.2, 0) is 0 Å². The zero-order chi connectivity index (χ0) is 6.73. The molecule has 0 radical (unpaired) electrons. The number of hydrogen-bond donors (Lipinski definition) is 2. The molecule has 2 nitrogen and oxygen atoms in total. The zero-order valence-electron chi connectivity index (χ0n) is 5.76. The van der Waals surface area contributed by atoms with Gasteiger partial charge in [-0.25, -0.2) is 0 Å². The van der Waals surface area contributed by atoms with Crippen molar-refractivity contribution in [3.63, 3.8) is 0 Å². The van der Waals surface area contributed by atoms with Crippen molar-refractivity contribution in [1.82, 2.24) is 0 Å². The third kappa shape index (κ3) is 2.28. The predicted octanol–water partition coefficient (Wildman–Crippen LogP) is 0.556. The molecule has 0 saturated carbocycles. The number of rotatable bonds is 2. The molecule has 0 amide bonds. The molecule has 0 spiro atoms. The quantitative estimate of drug-likeness (QED) is 0.519. The second-order valence-electron chi connectivity index (χ2n) is 2.59. The number of aliphatic hydroxyl groups excluding tert-OH is 1. The first-order valence-corrected chi connectivity index (χ1v) is 2.99. The van der Waals surface area contributed by atoms with Crippen LogP contribution in [0.25, 0.3) is 0 Å². The Labute approximate surface area is 50.7 Å². The van der Waals surface area contributed by atoms with E-state index >= 15 is 0 Å². The smallest absolute Gasteiger partial charge is 0.105 e. The molecular weight excluding hydrogens is 102 g/mol. The molecule has 0 fully saturated rings. The van der Waals surface area contributed by atoms with E-state index in [0.717, 1.165) is 0 Å². The van der Waals surface area contributed by atoms with Crippen molar-refractivity contribution >= 4 is 0 Å². The summed E-state index contributed by atoms with van der Waals surface area (Å²) >= 11 is 0. The number of hydrogen-bond acceptors (Lipinski definition) is 2. The van der Waals surface area contributed by atoms with Crippen LogP contribution in [0.3, 0.4) is 0 Å². The molecule has 0 aliphatic rings. The van der Waals surface area contributed by atoms with Gasteiger partial charge in [0.25, 0.3) is 0 Å². The minimum Gasteiger partial charge on any atom is -0.379 e. The van der Waals surface area contributed by atoms with Crippen molar-refractivity contribution in [2.24, 2.45) is 17.6 Å². The second kappa shape index (κ2) is 3.05. The molecule has 0 aromatic carbocycles. The molecule has 8 heavy (non-hydrogen) atoms. The minimum absolute atomic E-state index is 0.204. The monoisotopic (exact) mass is 117 g/mol. The molecule has 0 bridgehead atoms. The van der Waals surface area contributed by atoms with Crippen LogP contribution in [0.5, 0.6) is 0 Å². The highest BCUT2D eigenvalue weighted by molar-refractivity contribution is 4.60. The van der Waals surface area contributed by atoms with Gasteiger partial charge in [-0.2, -0.15) is 0 Å². The van der Waals surface area contributed by atoms with E-state index in [2.05, 4.69) is 0 Å². The lowest BCUT2D eigenvalue weighted by Gasteiger charge is -2.17. The fraction of sp³-hybridized carbons (Fsp3) is 1.00. The van der Waals surface area contributed by atoms with E-state index in [1.165, 1.54) is 0 Å². The average Bonchev–Trinajstić information content (AvgIpc) is 1.64. The molecule has 2 atom stereocenters. The predicted molar refractivity (Wildman–Crippen MR) is 34.2 cm³/mol. The topological polar surface area (TPSA) is 46.2 Å². The normalized spacial score (nSPS) is 18.8. The molecule has 0 aliphatic carbocycles. The molecule has 0 aliphatic heterocycles. The van der Waals surface area contributed by atoms with Crippen LogP contribution in [0.1, 0.15) is 20.8 Å². The standard InChI is InChI=1S/C6H15NO/c1-4(2)5(3)6(7)8/h4-6,8H,7H2,1-3H3/t5-,6-/m1/s1. The van der Waals surface area contributed by atoms with E-state index < -0.39 is 6.23 Å². The third-order valence-corrected chi connectivity index (χ3v) is 1.59. The van der Waals surface area contributed by atoms with Gasteiger partial charge in [0.05, 0.1) is 0 Å². The first-order chi connectivity index (χ1) is 3.55. The Bertz CT molecular complexity index is 53.5. The number of nitrogens with two attached hydrogens (primary N) is 1. The highest BCUT2D eigenvalue weighted by atomic mass is 16.3. The van der Waals surface area contributed by atoms with E-state index in [1.54, 1.807) is 0 Å². The van der Waals surface area contributed by atoms with Gasteiger partial charge in [0.15, 0.2) is 0 Å². The fourth-order valence-electron chi connectivity index (χ4n) is 0.394. The lowest BCUT2D eigenvalue weighted by molar-refractivity contribution is 0.0980. The van der Waals surface area contributed by atoms with Gasteiger partial charge in [-0.1, -0.05) is 20.8 Å². The van der Waals surface area contributed by atoms with Gasteiger partial charge in [-0.05, 0) is 11.8 Å². The van der Waals surface area contributed by atoms with Crippen molar-refractivity contribution in [3.8, 4) is 0 Å². The van der Waals surface area contributed by atoms with E-state index in [4.69, 9.17) is 10.8 Å². The van der Waals surface area contributed by atoms with Crippen molar-refractivity contribution < 1.29 is 5.11 Å². The van der Waals surface area contributed by atoms with Gasteiger partial charge in [-0.15, -0.1) is 0 Å². The fourth-order valence-corrected chi connectivity index (χ4v) is 0.394. The lowest BCUT2D eigenvalue weighted by atomic mass is 9.97. The third-order valence-electron chi connectivity index (χ3n) is 1.59. The van der Waals surface area contributed by atoms with Crippen LogP contribution in [0, 0.1) is 11.8 Å². The van der Waals surface area contributed by atoms with Crippen molar-refractivity contribution in [1.29, 1.82) is 0 Å². The number of aliphatic hydroxyl groups is 1. The van der Waals surface area contributed by atoms with Crippen LogP contribution in [0.4, 0.5) is 0 Å². The molecule has 3 N–H and O–H groups in total. The molecule has 0 aromatic heterocycles. The van der Waals surface area contributed by atoms with Gasteiger partial charge in [-0.3, -0.25) is 0 Å². The van der Waals surface area contributed by atoms with Gasteiger partial charge in [0.2, 0.25) is 0 Å². The van der Waals surface area contributed by atoms with Crippen LogP contribution in [-0.4, -0.2) is 11.3 Å². The summed E-state index contributed by atoms with van der Waals surface area (Å²) in [7, 11) is 0. The largest absolute Gasteiger partial charge is 0.379 e. The summed E-state index contributed by atoms with van der Waals surface area (Å²) in [4.78, 5) is 0. The van der Waals surface area contributed by atoms with Gasteiger partial charge in [0, 0.05) is 0 Å². The highest BCUT2D eigenvalue weighted by Crippen LogP contribution is 2.10. The van der Waals surface area contributed by atoms with Crippen LogP contribution < -0.4 is 5.73 Å². The molecule has 50 valence electrons. The van der Waals surface area contributed by atoms with Crippen LogP contribution in [0.15, 0.2) is 0 Å². The zero-order valence-corrected chi connectivity index (χ0v) is 5.76. The van der Waals surface area contributed by atoms with Gasteiger partial charge < -0.3 is 10.8 Å². The Morgan fingerprint density at radius 1 is 1.25 bits per heavy atom. The summed E-state index contributed by atoms with van der Waals surface area (Å²) in [5.74, 6) is 0.671. The SMILES string of the molecule is CC(C)[C@@H](C)[C@H](N)O. The summed E-state index contributed by atoms with van der Waals surface area (Å²) in [6.07, 6.45) is -0.657. The molecule has 0 aromatic rings. The molecule has 0 rings (SSSR count). The molecule has 0 saturated heterocycles. The first kappa shape index (κ1) is 7.92. The maximum absolute atomic E-state index is 8.77. The molecule has 2 heteroatoms. The highest BCUT2D eigenvalue weighted by Gasteiger charge is 2.11. The van der Waals surface area contributed by atoms with E-state index in [1.807, 2.05) is 20.8 Å². The first-order valence-electron chi connectivity index (χ1n) is 2.99. The van der Waals surface area contributed by atoms with E-state index in [0.29, 0.717) is 5.92 Å². The van der Waals surface area contributed by atoms with Crippen molar-refractivity contribution in [2.45, 2.75) is 27.0 Å². The Morgan fingerprint density at radius 2 is 1.62 bits per heavy atom. The van der Waals surface area contributed by atoms with Gasteiger partial charge in [0.1, 0.15) is 6.23 Å².